The number of hydrogen-bond acceptors (Lipinski definition) is 1. The second-order valence-corrected chi connectivity index (χ2v) is 5.96. The maximum absolute atomic E-state index is 14.0. The molecule has 0 N–H and O–H groups in total. The number of rotatable bonds is 1. The molecule has 120 valence electrons. The highest BCUT2D eigenvalue weighted by Crippen LogP contribution is 2.24. The van der Waals surface area contributed by atoms with Crippen molar-refractivity contribution in [3.8, 4) is 29.0 Å². The topological polar surface area (TPSA) is 23.8 Å². The van der Waals surface area contributed by atoms with E-state index in [2.05, 4.69) is 11.8 Å². The second-order valence-electron chi connectivity index (χ2n) is 5.96. The molecule has 0 aliphatic rings. The number of halogens is 1. The molecule has 0 atom stereocenters. The lowest BCUT2D eigenvalue weighted by molar-refractivity contribution is 0.623. The average molecular weight is 325 g/mol. The molecule has 0 radical (unpaired) electrons. The largest absolute Gasteiger partial charge is 0.206 e. The fraction of sp³-hybridized carbons (Fsp3) is 0.0870. The van der Waals surface area contributed by atoms with Crippen molar-refractivity contribution in [1.82, 2.24) is 0 Å². The van der Waals surface area contributed by atoms with Crippen LogP contribution >= 0.6 is 0 Å². The van der Waals surface area contributed by atoms with Gasteiger partial charge in [-0.25, -0.2) is 4.39 Å². The Morgan fingerprint density at radius 1 is 0.760 bits per heavy atom. The van der Waals surface area contributed by atoms with Gasteiger partial charge in [-0.3, -0.25) is 0 Å². The van der Waals surface area contributed by atoms with Crippen LogP contribution in [0.3, 0.4) is 0 Å². The highest BCUT2D eigenvalue weighted by Gasteiger charge is 2.08. The lowest BCUT2D eigenvalue weighted by Gasteiger charge is -2.06. The normalized spacial score (nSPS) is 9.84. The summed E-state index contributed by atoms with van der Waals surface area (Å²) in [5.74, 6) is 5.78. The van der Waals surface area contributed by atoms with E-state index in [0.29, 0.717) is 5.56 Å². The summed E-state index contributed by atoms with van der Waals surface area (Å²) in [6, 6.07) is 20.9. The quantitative estimate of drug-likeness (QED) is 0.551. The third-order valence-corrected chi connectivity index (χ3v) is 4.02. The molecule has 25 heavy (non-hydrogen) atoms. The Labute approximate surface area is 147 Å². The summed E-state index contributed by atoms with van der Waals surface area (Å²) >= 11 is 0. The van der Waals surface area contributed by atoms with E-state index in [-0.39, 0.29) is 5.56 Å². The van der Waals surface area contributed by atoms with E-state index >= 15 is 0 Å². The summed E-state index contributed by atoms with van der Waals surface area (Å²) in [7, 11) is 0. The van der Waals surface area contributed by atoms with Crippen molar-refractivity contribution in [2.45, 2.75) is 13.8 Å². The van der Waals surface area contributed by atoms with E-state index in [1.54, 1.807) is 6.92 Å². The maximum atomic E-state index is 14.0. The minimum atomic E-state index is -0.485. The first-order valence-corrected chi connectivity index (χ1v) is 7.96. The minimum absolute atomic E-state index is 0.101. The van der Waals surface area contributed by atoms with Gasteiger partial charge in [0.25, 0.3) is 0 Å². The monoisotopic (exact) mass is 325 g/mol. The summed E-state index contributed by atoms with van der Waals surface area (Å²) in [6.45, 7) is 3.79. The zero-order valence-corrected chi connectivity index (χ0v) is 14.1. The molecule has 3 aromatic rings. The van der Waals surface area contributed by atoms with E-state index in [0.717, 1.165) is 22.3 Å². The number of aryl methyl sites for hydroxylation is 2. The Bertz CT molecular complexity index is 988. The van der Waals surface area contributed by atoms with Crippen LogP contribution in [-0.4, -0.2) is 0 Å². The van der Waals surface area contributed by atoms with Crippen LogP contribution in [0.1, 0.15) is 27.8 Å². The molecular weight excluding hydrogens is 309 g/mol. The van der Waals surface area contributed by atoms with Crippen molar-refractivity contribution < 1.29 is 4.39 Å². The van der Waals surface area contributed by atoms with Gasteiger partial charge in [0.1, 0.15) is 11.9 Å². The van der Waals surface area contributed by atoms with Gasteiger partial charge in [-0.2, -0.15) is 5.26 Å². The summed E-state index contributed by atoms with van der Waals surface area (Å²) in [5.41, 5.74) is 5.47. The van der Waals surface area contributed by atoms with Crippen LogP contribution in [0.2, 0.25) is 0 Å². The van der Waals surface area contributed by atoms with Gasteiger partial charge in [0.2, 0.25) is 0 Å². The van der Waals surface area contributed by atoms with E-state index < -0.39 is 5.82 Å². The van der Waals surface area contributed by atoms with E-state index in [4.69, 9.17) is 5.26 Å². The Kier molecular flexibility index (Phi) is 4.64. The minimum Gasteiger partial charge on any atom is -0.206 e. The zero-order chi connectivity index (χ0) is 17.8. The first-order valence-electron chi connectivity index (χ1n) is 7.96. The predicted molar refractivity (Wildman–Crippen MR) is 98.4 cm³/mol. The lowest BCUT2D eigenvalue weighted by atomic mass is 9.99. The molecule has 0 amide bonds. The molecule has 0 saturated heterocycles. The predicted octanol–water partition coefficient (Wildman–Crippen LogP) is 5.38. The smallest absolute Gasteiger partial charge is 0.141 e. The van der Waals surface area contributed by atoms with Crippen molar-refractivity contribution in [1.29, 1.82) is 5.26 Å². The highest BCUT2D eigenvalue weighted by atomic mass is 19.1. The average Bonchev–Trinajstić information content (AvgIpc) is 2.61. The molecule has 3 aromatic carbocycles. The van der Waals surface area contributed by atoms with Crippen LogP contribution in [0.15, 0.2) is 60.7 Å². The molecular formula is C23H16FN. The molecule has 1 nitrogen and oxygen atoms in total. The van der Waals surface area contributed by atoms with Crippen LogP contribution in [0, 0.1) is 42.8 Å². The second kappa shape index (κ2) is 7.04. The first kappa shape index (κ1) is 16.5. The van der Waals surface area contributed by atoms with Crippen LogP contribution in [0.25, 0.3) is 11.1 Å². The van der Waals surface area contributed by atoms with E-state index in [9.17, 15) is 4.39 Å². The third-order valence-electron chi connectivity index (χ3n) is 4.02. The Morgan fingerprint density at radius 2 is 1.32 bits per heavy atom. The van der Waals surface area contributed by atoms with E-state index in [1.807, 2.05) is 67.6 Å². The Morgan fingerprint density at radius 3 is 1.84 bits per heavy atom. The van der Waals surface area contributed by atoms with Crippen molar-refractivity contribution in [3.63, 3.8) is 0 Å². The lowest BCUT2D eigenvalue weighted by Crippen LogP contribution is -1.91. The first-order chi connectivity index (χ1) is 12.1. The van der Waals surface area contributed by atoms with Gasteiger partial charge in [-0.05, 0) is 66.9 Å². The van der Waals surface area contributed by atoms with Gasteiger partial charge >= 0.3 is 0 Å². The molecule has 0 spiro atoms. The number of nitriles is 1. The standard InChI is InChI=1S/C23H16FN/c1-16-3-5-18(6-4-16)7-8-19-9-11-20(12-10-19)21-13-17(2)22(15-25)23(24)14-21/h3-6,9-14H,1-2H3. The van der Waals surface area contributed by atoms with Crippen LogP contribution in [0.4, 0.5) is 4.39 Å². The van der Waals surface area contributed by atoms with Crippen molar-refractivity contribution in [2.75, 3.05) is 0 Å². The van der Waals surface area contributed by atoms with Crippen LogP contribution in [0.5, 0.6) is 0 Å². The van der Waals surface area contributed by atoms with E-state index in [1.165, 1.54) is 11.6 Å². The number of nitrogens with zero attached hydrogens (tertiary/aromatic N) is 1. The maximum Gasteiger partial charge on any atom is 0.141 e. The molecule has 0 bridgehead atoms. The van der Waals surface area contributed by atoms with Crippen molar-refractivity contribution in [3.05, 3.63) is 94.3 Å². The molecule has 0 aromatic heterocycles. The van der Waals surface area contributed by atoms with Crippen LogP contribution < -0.4 is 0 Å². The summed E-state index contributed by atoms with van der Waals surface area (Å²) < 4.78 is 14.0. The zero-order valence-electron chi connectivity index (χ0n) is 14.1. The summed E-state index contributed by atoms with van der Waals surface area (Å²) in [5, 5.41) is 8.96. The molecule has 2 heteroatoms. The highest BCUT2D eigenvalue weighted by molar-refractivity contribution is 5.67. The molecule has 3 rings (SSSR count). The van der Waals surface area contributed by atoms with Gasteiger partial charge in [0.05, 0.1) is 5.56 Å². The third kappa shape index (κ3) is 3.77. The van der Waals surface area contributed by atoms with Gasteiger partial charge in [-0.15, -0.1) is 0 Å². The van der Waals surface area contributed by atoms with Gasteiger partial charge in [-0.1, -0.05) is 41.7 Å². The van der Waals surface area contributed by atoms with Crippen molar-refractivity contribution >= 4 is 0 Å². The summed E-state index contributed by atoms with van der Waals surface area (Å²) in [6.07, 6.45) is 0. The fourth-order valence-corrected chi connectivity index (χ4v) is 2.58. The SMILES string of the molecule is Cc1ccc(C#Cc2ccc(-c3cc(C)c(C#N)c(F)c3)cc2)cc1. The Balaban J connectivity index is 1.86. The van der Waals surface area contributed by atoms with Crippen LogP contribution in [-0.2, 0) is 0 Å². The molecule has 0 saturated carbocycles. The van der Waals surface area contributed by atoms with Gasteiger partial charge in [0, 0.05) is 11.1 Å². The number of hydrogen-bond donors (Lipinski definition) is 0. The summed E-state index contributed by atoms with van der Waals surface area (Å²) in [4.78, 5) is 0. The molecule has 0 heterocycles. The number of benzene rings is 3. The molecule has 0 aliphatic carbocycles. The molecule has 0 unspecified atom stereocenters. The van der Waals surface area contributed by atoms with Gasteiger partial charge < -0.3 is 0 Å². The molecule has 0 fully saturated rings. The molecule has 0 aliphatic heterocycles. The van der Waals surface area contributed by atoms with Crippen molar-refractivity contribution in [2.24, 2.45) is 0 Å². The Hall–Kier alpha value is -3.36. The fourth-order valence-electron chi connectivity index (χ4n) is 2.58. The van der Waals surface area contributed by atoms with Gasteiger partial charge in [0.15, 0.2) is 0 Å².